The molecular weight excluding hydrogens is 221 g/mol. The highest BCUT2D eigenvalue weighted by Gasteiger charge is 2.25. The van der Waals surface area contributed by atoms with Crippen molar-refractivity contribution in [2.75, 3.05) is 20.8 Å². The first-order chi connectivity index (χ1) is 7.93. The Morgan fingerprint density at radius 1 is 1.18 bits per heavy atom. The zero-order valence-corrected chi connectivity index (χ0v) is 10.8. The van der Waals surface area contributed by atoms with Gasteiger partial charge in [-0.25, -0.2) is 4.39 Å². The Morgan fingerprint density at radius 2 is 1.76 bits per heavy atom. The summed E-state index contributed by atoms with van der Waals surface area (Å²) < 4.78 is 24.5. The smallest absolute Gasteiger partial charge is 0.134 e. The van der Waals surface area contributed by atoms with Gasteiger partial charge in [0.05, 0.1) is 14.2 Å². The van der Waals surface area contributed by atoms with Gasteiger partial charge in [-0.2, -0.15) is 0 Å². The van der Waals surface area contributed by atoms with Crippen LogP contribution in [-0.4, -0.2) is 20.8 Å². The van der Waals surface area contributed by atoms with Crippen molar-refractivity contribution in [2.24, 2.45) is 5.73 Å². The molecule has 17 heavy (non-hydrogen) atoms. The number of benzene rings is 1. The monoisotopic (exact) mass is 241 g/mol. The molecule has 0 fully saturated rings. The minimum Gasteiger partial charge on any atom is -0.496 e. The Morgan fingerprint density at radius 3 is 2.18 bits per heavy atom. The Kier molecular flexibility index (Phi) is 4.34. The fourth-order valence-electron chi connectivity index (χ4n) is 1.78. The van der Waals surface area contributed by atoms with Gasteiger partial charge in [0.15, 0.2) is 0 Å². The number of rotatable bonds is 5. The zero-order chi connectivity index (χ0) is 13.1. The van der Waals surface area contributed by atoms with Gasteiger partial charge in [-0.15, -0.1) is 0 Å². The van der Waals surface area contributed by atoms with Crippen LogP contribution in [0.2, 0.25) is 0 Å². The molecule has 0 aromatic heterocycles. The number of alkyl halides is 1. The minimum atomic E-state index is -1.46. The van der Waals surface area contributed by atoms with Gasteiger partial charge in [-0.3, -0.25) is 0 Å². The van der Waals surface area contributed by atoms with Crippen LogP contribution in [0.3, 0.4) is 0 Å². The van der Waals surface area contributed by atoms with Gasteiger partial charge in [0, 0.05) is 11.6 Å². The average molecular weight is 241 g/mol. The SMILES string of the molecule is COc1cc(OC)c(C(C)(C)F)cc1CCN. The molecule has 1 aromatic rings. The van der Waals surface area contributed by atoms with Crippen LogP contribution < -0.4 is 15.2 Å². The second-order valence-corrected chi connectivity index (χ2v) is 4.38. The van der Waals surface area contributed by atoms with E-state index in [0.29, 0.717) is 30.0 Å². The summed E-state index contributed by atoms with van der Waals surface area (Å²) in [6.07, 6.45) is 0.649. The Hall–Kier alpha value is -1.29. The Labute approximate surface area is 102 Å². The van der Waals surface area contributed by atoms with E-state index in [1.165, 1.54) is 21.0 Å². The number of halogens is 1. The lowest BCUT2D eigenvalue weighted by molar-refractivity contribution is 0.213. The largest absolute Gasteiger partial charge is 0.496 e. The molecule has 0 aliphatic carbocycles. The molecule has 0 amide bonds. The maximum absolute atomic E-state index is 14.1. The predicted octanol–water partition coefficient (Wildman–Crippen LogP) is 2.41. The highest BCUT2D eigenvalue weighted by molar-refractivity contribution is 5.49. The molecule has 0 saturated heterocycles. The molecule has 3 nitrogen and oxygen atoms in total. The standard InChI is InChI=1S/C13H20FNO2/c1-13(2,14)10-7-9(5-6-15)11(16-3)8-12(10)17-4/h7-8H,5-6,15H2,1-4H3. The molecule has 2 N–H and O–H groups in total. The lowest BCUT2D eigenvalue weighted by atomic mass is 9.95. The molecule has 0 aliphatic heterocycles. The lowest BCUT2D eigenvalue weighted by Crippen LogP contribution is -2.13. The van der Waals surface area contributed by atoms with E-state index in [4.69, 9.17) is 15.2 Å². The number of ether oxygens (including phenoxy) is 2. The van der Waals surface area contributed by atoms with Crippen LogP contribution in [0.1, 0.15) is 25.0 Å². The van der Waals surface area contributed by atoms with E-state index >= 15 is 0 Å². The summed E-state index contributed by atoms with van der Waals surface area (Å²) in [7, 11) is 3.10. The maximum atomic E-state index is 14.1. The van der Waals surface area contributed by atoms with Gasteiger partial charge in [0.2, 0.25) is 0 Å². The lowest BCUT2D eigenvalue weighted by Gasteiger charge is -2.21. The summed E-state index contributed by atoms with van der Waals surface area (Å²) in [5.41, 5.74) is 5.49. The molecule has 0 heterocycles. The first-order valence-corrected chi connectivity index (χ1v) is 5.58. The van der Waals surface area contributed by atoms with Gasteiger partial charge in [-0.1, -0.05) is 0 Å². The summed E-state index contributed by atoms with van der Waals surface area (Å²) in [4.78, 5) is 0. The van der Waals surface area contributed by atoms with E-state index < -0.39 is 5.67 Å². The summed E-state index contributed by atoms with van der Waals surface area (Å²) in [5, 5.41) is 0. The molecule has 4 heteroatoms. The highest BCUT2D eigenvalue weighted by Crippen LogP contribution is 2.37. The van der Waals surface area contributed by atoms with Crippen LogP contribution in [-0.2, 0) is 12.1 Å². The molecule has 0 bridgehead atoms. The fraction of sp³-hybridized carbons (Fsp3) is 0.538. The van der Waals surface area contributed by atoms with E-state index in [1.807, 2.05) is 0 Å². The van der Waals surface area contributed by atoms with E-state index in [0.717, 1.165) is 5.56 Å². The van der Waals surface area contributed by atoms with Gasteiger partial charge in [0.25, 0.3) is 0 Å². The highest BCUT2D eigenvalue weighted by atomic mass is 19.1. The molecule has 0 radical (unpaired) electrons. The van der Waals surface area contributed by atoms with Crippen molar-refractivity contribution in [1.29, 1.82) is 0 Å². The molecule has 1 rings (SSSR count). The van der Waals surface area contributed by atoms with Gasteiger partial charge < -0.3 is 15.2 Å². The number of hydrogen-bond acceptors (Lipinski definition) is 3. The van der Waals surface area contributed by atoms with Crippen LogP contribution in [0.4, 0.5) is 4.39 Å². The zero-order valence-electron chi connectivity index (χ0n) is 10.8. The number of hydrogen-bond donors (Lipinski definition) is 1. The summed E-state index contributed by atoms with van der Waals surface area (Å²) >= 11 is 0. The van der Waals surface area contributed by atoms with Crippen molar-refractivity contribution < 1.29 is 13.9 Å². The van der Waals surface area contributed by atoms with E-state index in [9.17, 15) is 4.39 Å². The van der Waals surface area contributed by atoms with Crippen LogP contribution >= 0.6 is 0 Å². The molecular formula is C13H20FNO2. The molecule has 0 unspecified atom stereocenters. The third-order valence-corrected chi connectivity index (χ3v) is 2.66. The van der Waals surface area contributed by atoms with Crippen molar-refractivity contribution in [1.82, 2.24) is 0 Å². The molecule has 0 atom stereocenters. The van der Waals surface area contributed by atoms with Crippen molar-refractivity contribution >= 4 is 0 Å². The Balaban J connectivity index is 3.34. The first kappa shape index (κ1) is 13.8. The van der Waals surface area contributed by atoms with E-state index in [2.05, 4.69) is 0 Å². The van der Waals surface area contributed by atoms with Crippen LogP contribution in [0.15, 0.2) is 12.1 Å². The second-order valence-electron chi connectivity index (χ2n) is 4.38. The van der Waals surface area contributed by atoms with Crippen LogP contribution in [0, 0.1) is 0 Å². The topological polar surface area (TPSA) is 44.5 Å². The van der Waals surface area contributed by atoms with Crippen LogP contribution in [0.5, 0.6) is 11.5 Å². The van der Waals surface area contributed by atoms with Gasteiger partial charge in [-0.05, 0) is 38.4 Å². The first-order valence-electron chi connectivity index (χ1n) is 5.58. The third kappa shape index (κ3) is 3.09. The van der Waals surface area contributed by atoms with Crippen LogP contribution in [0.25, 0.3) is 0 Å². The Bertz CT molecular complexity index is 386. The number of methoxy groups -OCH3 is 2. The molecule has 96 valence electrons. The van der Waals surface area contributed by atoms with Crippen molar-refractivity contribution in [3.63, 3.8) is 0 Å². The van der Waals surface area contributed by atoms with Crippen molar-refractivity contribution in [2.45, 2.75) is 25.9 Å². The molecule has 0 saturated carbocycles. The fourth-order valence-corrected chi connectivity index (χ4v) is 1.78. The van der Waals surface area contributed by atoms with Crippen molar-refractivity contribution in [3.8, 4) is 11.5 Å². The minimum absolute atomic E-state index is 0.495. The summed E-state index contributed by atoms with van der Waals surface area (Å²) in [5.74, 6) is 1.18. The van der Waals surface area contributed by atoms with Gasteiger partial charge >= 0.3 is 0 Å². The van der Waals surface area contributed by atoms with E-state index in [1.54, 1.807) is 19.2 Å². The normalized spacial score (nSPS) is 11.4. The van der Waals surface area contributed by atoms with Crippen molar-refractivity contribution in [3.05, 3.63) is 23.3 Å². The number of nitrogens with two attached hydrogens (primary N) is 1. The van der Waals surface area contributed by atoms with E-state index in [-0.39, 0.29) is 0 Å². The summed E-state index contributed by atoms with van der Waals surface area (Å²) in [6, 6.07) is 3.48. The van der Waals surface area contributed by atoms with Gasteiger partial charge in [0.1, 0.15) is 17.2 Å². The summed E-state index contributed by atoms with van der Waals surface area (Å²) in [6.45, 7) is 3.50. The molecule has 1 aromatic carbocycles. The average Bonchev–Trinajstić information content (AvgIpc) is 2.27. The maximum Gasteiger partial charge on any atom is 0.134 e. The quantitative estimate of drug-likeness (QED) is 0.861. The molecule has 0 aliphatic rings. The predicted molar refractivity (Wildman–Crippen MR) is 66.4 cm³/mol. The molecule has 0 spiro atoms. The second kappa shape index (κ2) is 5.36. The third-order valence-electron chi connectivity index (χ3n) is 2.66.